The summed E-state index contributed by atoms with van der Waals surface area (Å²) in [6.07, 6.45) is 5.15. The van der Waals surface area contributed by atoms with Crippen LogP contribution >= 0.6 is 0 Å². The van der Waals surface area contributed by atoms with Crippen LogP contribution in [-0.2, 0) is 0 Å². The second-order valence-electron chi connectivity index (χ2n) is 3.40. The number of nitrogens with two attached hydrogens (primary N) is 1. The van der Waals surface area contributed by atoms with Crippen molar-refractivity contribution in [3.63, 3.8) is 0 Å². The van der Waals surface area contributed by atoms with Gasteiger partial charge in [0.05, 0.1) is 12.1 Å². The van der Waals surface area contributed by atoms with E-state index in [4.69, 9.17) is 12.2 Å². The number of amides is 1. The van der Waals surface area contributed by atoms with Crippen LogP contribution in [0.1, 0.15) is 15.9 Å². The first-order valence-electron chi connectivity index (χ1n) is 4.62. The minimum absolute atomic E-state index is 0.136. The Balaban J connectivity index is 3.07. The number of carbonyl (C=O) groups is 1. The molecule has 1 aromatic rings. The lowest BCUT2D eigenvalue weighted by Crippen LogP contribution is -2.28. The van der Waals surface area contributed by atoms with Crippen molar-refractivity contribution in [1.82, 2.24) is 4.90 Å². The van der Waals surface area contributed by atoms with Gasteiger partial charge in [0.1, 0.15) is 0 Å². The summed E-state index contributed by atoms with van der Waals surface area (Å²) in [7, 11) is 1.66. The van der Waals surface area contributed by atoms with E-state index < -0.39 is 0 Å². The summed E-state index contributed by atoms with van der Waals surface area (Å²) in [5.41, 5.74) is 7.65. The Morgan fingerprint density at radius 2 is 2.27 bits per heavy atom. The summed E-state index contributed by atoms with van der Waals surface area (Å²) in [5, 5.41) is 0. The molecule has 3 nitrogen and oxygen atoms in total. The van der Waals surface area contributed by atoms with Crippen LogP contribution in [0.2, 0.25) is 0 Å². The van der Waals surface area contributed by atoms with Gasteiger partial charge in [0.25, 0.3) is 5.91 Å². The van der Waals surface area contributed by atoms with E-state index in [-0.39, 0.29) is 12.5 Å². The predicted octanol–water partition coefficient (Wildman–Crippen LogP) is 1.28. The van der Waals surface area contributed by atoms with Crippen molar-refractivity contribution in [3.8, 4) is 12.3 Å². The van der Waals surface area contributed by atoms with E-state index >= 15 is 0 Å². The molecule has 0 aliphatic carbocycles. The molecule has 0 fully saturated rings. The summed E-state index contributed by atoms with van der Waals surface area (Å²) in [6.45, 7) is 2.14. The van der Waals surface area contributed by atoms with Gasteiger partial charge in [0.2, 0.25) is 0 Å². The molecule has 0 bridgehead atoms. The number of benzene rings is 1. The summed E-state index contributed by atoms with van der Waals surface area (Å²) in [5.74, 6) is 2.29. The molecular formula is C12H14N2O. The number of anilines is 1. The van der Waals surface area contributed by atoms with Crippen LogP contribution in [0.3, 0.4) is 0 Å². The lowest BCUT2D eigenvalue weighted by molar-refractivity contribution is 0.0813. The third-order valence-electron chi connectivity index (χ3n) is 2.19. The van der Waals surface area contributed by atoms with Crippen molar-refractivity contribution < 1.29 is 4.79 Å². The van der Waals surface area contributed by atoms with E-state index in [9.17, 15) is 4.79 Å². The summed E-state index contributed by atoms with van der Waals surface area (Å²) in [6, 6.07) is 5.39. The molecule has 1 rings (SSSR count). The lowest BCUT2D eigenvalue weighted by Gasteiger charge is -2.16. The van der Waals surface area contributed by atoms with Gasteiger partial charge in [-0.05, 0) is 18.6 Å². The number of aryl methyl sites for hydroxylation is 1. The standard InChI is InChI=1S/C12H14N2O/c1-4-8-14(3)12(15)11-9(2)6-5-7-10(11)13/h1,5-7H,8,13H2,2-3H3. The van der Waals surface area contributed by atoms with Crippen LogP contribution in [0.5, 0.6) is 0 Å². The maximum Gasteiger partial charge on any atom is 0.256 e. The molecule has 0 aliphatic rings. The van der Waals surface area contributed by atoms with Gasteiger partial charge in [-0.3, -0.25) is 4.79 Å². The largest absolute Gasteiger partial charge is 0.398 e. The first-order chi connectivity index (χ1) is 7.07. The number of nitrogen functional groups attached to an aromatic ring is 1. The molecule has 0 aliphatic heterocycles. The van der Waals surface area contributed by atoms with Crippen molar-refractivity contribution in [2.45, 2.75) is 6.92 Å². The van der Waals surface area contributed by atoms with Crippen LogP contribution in [0.25, 0.3) is 0 Å². The molecule has 0 heterocycles. The second-order valence-corrected chi connectivity index (χ2v) is 3.40. The third-order valence-corrected chi connectivity index (χ3v) is 2.19. The Bertz CT molecular complexity index is 398. The van der Waals surface area contributed by atoms with Gasteiger partial charge < -0.3 is 10.6 Å². The third kappa shape index (κ3) is 2.29. The zero-order valence-electron chi connectivity index (χ0n) is 8.95. The van der Waals surface area contributed by atoms with Crippen LogP contribution in [0.4, 0.5) is 5.69 Å². The maximum atomic E-state index is 11.9. The second kappa shape index (κ2) is 4.52. The summed E-state index contributed by atoms with van der Waals surface area (Å²) in [4.78, 5) is 13.4. The lowest BCUT2D eigenvalue weighted by atomic mass is 10.1. The number of nitrogens with zero attached hydrogens (tertiary/aromatic N) is 1. The van der Waals surface area contributed by atoms with Gasteiger partial charge in [0, 0.05) is 12.7 Å². The fourth-order valence-corrected chi connectivity index (χ4v) is 1.38. The van der Waals surface area contributed by atoms with Gasteiger partial charge in [-0.2, -0.15) is 0 Å². The van der Waals surface area contributed by atoms with Gasteiger partial charge in [-0.25, -0.2) is 0 Å². The normalized spacial score (nSPS) is 9.40. The first kappa shape index (κ1) is 11.1. The Labute approximate surface area is 89.9 Å². The molecule has 0 saturated carbocycles. The highest BCUT2D eigenvalue weighted by Crippen LogP contribution is 2.17. The minimum Gasteiger partial charge on any atom is -0.398 e. The zero-order valence-corrected chi connectivity index (χ0v) is 8.95. The number of terminal acetylenes is 1. The van der Waals surface area contributed by atoms with E-state index in [1.165, 1.54) is 4.90 Å². The molecule has 0 saturated heterocycles. The Morgan fingerprint density at radius 1 is 1.60 bits per heavy atom. The molecule has 0 radical (unpaired) electrons. The molecule has 0 atom stereocenters. The quantitative estimate of drug-likeness (QED) is 0.580. The van der Waals surface area contributed by atoms with Gasteiger partial charge >= 0.3 is 0 Å². The fraction of sp³-hybridized carbons (Fsp3) is 0.250. The molecular weight excluding hydrogens is 188 g/mol. The van der Waals surface area contributed by atoms with Gasteiger partial charge in [-0.15, -0.1) is 6.42 Å². The topological polar surface area (TPSA) is 46.3 Å². The number of carbonyl (C=O) groups excluding carboxylic acids is 1. The average Bonchev–Trinajstić information content (AvgIpc) is 2.17. The van der Waals surface area contributed by atoms with Crippen LogP contribution in [0, 0.1) is 19.3 Å². The van der Waals surface area contributed by atoms with E-state index in [1.54, 1.807) is 13.1 Å². The van der Waals surface area contributed by atoms with Crippen molar-refractivity contribution in [3.05, 3.63) is 29.3 Å². The Morgan fingerprint density at radius 3 is 2.80 bits per heavy atom. The monoisotopic (exact) mass is 202 g/mol. The minimum atomic E-state index is -0.136. The number of hydrogen-bond acceptors (Lipinski definition) is 2. The van der Waals surface area contributed by atoms with Crippen LogP contribution < -0.4 is 5.73 Å². The van der Waals surface area contributed by atoms with Crippen LogP contribution in [0.15, 0.2) is 18.2 Å². The van der Waals surface area contributed by atoms with Crippen molar-refractivity contribution >= 4 is 11.6 Å². The highest BCUT2D eigenvalue weighted by Gasteiger charge is 2.15. The summed E-state index contributed by atoms with van der Waals surface area (Å²) < 4.78 is 0. The molecule has 78 valence electrons. The maximum absolute atomic E-state index is 11.9. The number of hydrogen-bond donors (Lipinski definition) is 1. The molecule has 0 aromatic heterocycles. The molecule has 3 heteroatoms. The Hall–Kier alpha value is -1.95. The highest BCUT2D eigenvalue weighted by molar-refractivity contribution is 6.00. The van der Waals surface area contributed by atoms with Crippen molar-refractivity contribution in [1.29, 1.82) is 0 Å². The molecule has 0 spiro atoms. The van der Waals surface area contributed by atoms with Gasteiger partial charge in [0.15, 0.2) is 0 Å². The molecule has 1 aromatic carbocycles. The van der Waals surface area contributed by atoms with Gasteiger partial charge in [-0.1, -0.05) is 18.1 Å². The van der Waals surface area contributed by atoms with Crippen LogP contribution in [-0.4, -0.2) is 24.4 Å². The SMILES string of the molecule is C#CCN(C)C(=O)c1c(C)cccc1N. The molecule has 1 amide bonds. The van der Waals surface area contributed by atoms with Crippen molar-refractivity contribution in [2.24, 2.45) is 0 Å². The Kier molecular flexibility index (Phi) is 3.35. The fourth-order valence-electron chi connectivity index (χ4n) is 1.38. The van der Waals surface area contributed by atoms with E-state index in [0.717, 1.165) is 5.56 Å². The average molecular weight is 202 g/mol. The zero-order chi connectivity index (χ0) is 11.4. The summed E-state index contributed by atoms with van der Waals surface area (Å²) >= 11 is 0. The highest BCUT2D eigenvalue weighted by atomic mass is 16.2. The number of rotatable bonds is 2. The first-order valence-corrected chi connectivity index (χ1v) is 4.62. The van der Waals surface area contributed by atoms with E-state index in [2.05, 4.69) is 5.92 Å². The predicted molar refractivity (Wildman–Crippen MR) is 61.4 cm³/mol. The molecule has 15 heavy (non-hydrogen) atoms. The van der Waals surface area contributed by atoms with Crippen molar-refractivity contribution in [2.75, 3.05) is 19.3 Å². The molecule has 2 N–H and O–H groups in total. The van der Waals surface area contributed by atoms with E-state index in [0.29, 0.717) is 11.3 Å². The smallest absolute Gasteiger partial charge is 0.256 e. The molecule has 0 unspecified atom stereocenters. The van der Waals surface area contributed by atoms with E-state index in [1.807, 2.05) is 19.1 Å².